The van der Waals surface area contributed by atoms with E-state index in [0.717, 1.165) is 12.8 Å². The van der Waals surface area contributed by atoms with Crippen molar-refractivity contribution in [2.75, 3.05) is 5.32 Å². The largest absolute Gasteiger partial charge is 0.506 e. The molecule has 2 amide bonds. The number of hydrogen-bond donors (Lipinski definition) is 3. The molecular weight excluding hydrogens is 268 g/mol. The van der Waals surface area contributed by atoms with Crippen LogP contribution < -0.4 is 10.6 Å². The van der Waals surface area contributed by atoms with Gasteiger partial charge in [-0.15, -0.1) is 0 Å². The summed E-state index contributed by atoms with van der Waals surface area (Å²) in [5.41, 5.74) is 0.174. The molecule has 102 valence electrons. The van der Waals surface area contributed by atoms with Gasteiger partial charge in [0.05, 0.1) is 5.02 Å². The van der Waals surface area contributed by atoms with Crippen LogP contribution in [0.3, 0.4) is 0 Å². The summed E-state index contributed by atoms with van der Waals surface area (Å²) in [5.74, 6) is -0.583. The lowest BCUT2D eigenvalue weighted by molar-refractivity contribution is -0.125. The third-order valence-corrected chi connectivity index (χ3v) is 3.35. The monoisotopic (exact) mass is 282 g/mol. The molecule has 0 saturated carbocycles. The van der Waals surface area contributed by atoms with Crippen molar-refractivity contribution in [3.63, 3.8) is 0 Å². The molecule has 1 aromatic carbocycles. The average Bonchev–Trinajstić information content (AvgIpc) is 2.58. The maximum atomic E-state index is 12.1. The zero-order valence-corrected chi connectivity index (χ0v) is 11.0. The number of amides is 2. The first kappa shape index (κ1) is 13.7. The van der Waals surface area contributed by atoms with Gasteiger partial charge in [0.2, 0.25) is 11.8 Å². The third-order valence-electron chi connectivity index (χ3n) is 3.04. The number of aromatic hydroxyl groups is 1. The minimum absolute atomic E-state index is 0.0965. The average molecular weight is 283 g/mol. The van der Waals surface area contributed by atoms with Crippen molar-refractivity contribution >= 4 is 29.1 Å². The van der Waals surface area contributed by atoms with Crippen LogP contribution in [0.15, 0.2) is 18.2 Å². The molecule has 1 heterocycles. The number of phenols is 1. The predicted octanol–water partition coefficient (Wildman–Crippen LogP) is 2.04. The van der Waals surface area contributed by atoms with E-state index in [1.807, 2.05) is 0 Å². The highest BCUT2D eigenvalue weighted by atomic mass is 35.5. The topological polar surface area (TPSA) is 78.4 Å². The van der Waals surface area contributed by atoms with Gasteiger partial charge < -0.3 is 15.7 Å². The van der Waals surface area contributed by atoms with Gasteiger partial charge in [0.15, 0.2) is 0 Å². The Bertz CT molecular complexity index is 484. The fourth-order valence-electron chi connectivity index (χ4n) is 2.02. The van der Waals surface area contributed by atoms with E-state index < -0.39 is 6.04 Å². The van der Waals surface area contributed by atoms with Crippen molar-refractivity contribution in [3.05, 3.63) is 23.2 Å². The van der Waals surface area contributed by atoms with E-state index in [1.165, 1.54) is 6.07 Å². The lowest BCUT2D eigenvalue weighted by Gasteiger charge is -2.16. The molecule has 0 aromatic heterocycles. The Morgan fingerprint density at radius 3 is 2.95 bits per heavy atom. The minimum Gasteiger partial charge on any atom is -0.506 e. The molecule has 0 unspecified atom stereocenters. The van der Waals surface area contributed by atoms with Crippen molar-refractivity contribution < 1.29 is 14.7 Å². The highest BCUT2D eigenvalue weighted by molar-refractivity contribution is 6.34. The maximum Gasteiger partial charge on any atom is 0.247 e. The molecule has 0 aliphatic carbocycles. The summed E-state index contributed by atoms with van der Waals surface area (Å²) in [6, 6.07) is 4.02. The van der Waals surface area contributed by atoms with E-state index in [-0.39, 0.29) is 28.3 Å². The zero-order chi connectivity index (χ0) is 13.8. The summed E-state index contributed by atoms with van der Waals surface area (Å²) in [5, 5.41) is 15.1. The Hall–Kier alpha value is -1.75. The molecule has 0 radical (unpaired) electrons. The number of carbonyl (C=O) groups is 2. The number of nitrogens with one attached hydrogen (secondary N) is 2. The van der Waals surface area contributed by atoms with Crippen LogP contribution in [-0.2, 0) is 9.59 Å². The molecule has 1 aliphatic heterocycles. The lowest BCUT2D eigenvalue weighted by Crippen LogP contribution is -2.42. The lowest BCUT2D eigenvalue weighted by atomic mass is 10.1. The highest BCUT2D eigenvalue weighted by Crippen LogP contribution is 2.31. The van der Waals surface area contributed by atoms with Gasteiger partial charge in [-0.05, 0) is 25.0 Å². The summed E-state index contributed by atoms with van der Waals surface area (Å²) >= 11 is 5.91. The van der Waals surface area contributed by atoms with Crippen LogP contribution in [0, 0.1) is 0 Å². The van der Waals surface area contributed by atoms with Crippen molar-refractivity contribution in [2.24, 2.45) is 0 Å². The second-order valence-electron chi connectivity index (χ2n) is 4.49. The van der Waals surface area contributed by atoms with E-state index in [1.54, 1.807) is 12.1 Å². The van der Waals surface area contributed by atoms with Crippen molar-refractivity contribution in [2.45, 2.75) is 31.7 Å². The van der Waals surface area contributed by atoms with E-state index in [4.69, 9.17) is 11.6 Å². The quantitative estimate of drug-likeness (QED) is 0.726. The van der Waals surface area contributed by atoms with Crippen LogP contribution in [0.25, 0.3) is 0 Å². The Morgan fingerprint density at radius 2 is 2.21 bits per heavy atom. The summed E-state index contributed by atoms with van der Waals surface area (Å²) in [7, 11) is 0. The van der Waals surface area contributed by atoms with Crippen LogP contribution in [0.5, 0.6) is 5.75 Å². The Labute approximate surface area is 116 Å². The van der Waals surface area contributed by atoms with Crippen LogP contribution in [0.2, 0.25) is 5.02 Å². The number of anilines is 1. The van der Waals surface area contributed by atoms with Crippen molar-refractivity contribution in [1.82, 2.24) is 5.32 Å². The first-order valence-electron chi connectivity index (χ1n) is 6.15. The second kappa shape index (κ2) is 5.93. The molecule has 1 saturated heterocycles. The zero-order valence-electron chi connectivity index (χ0n) is 10.3. The summed E-state index contributed by atoms with van der Waals surface area (Å²) < 4.78 is 0. The fourth-order valence-corrected chi connectivity index (χ4v) is 2.23. The maximum absolute atomic E-state index is 12.1. The van der Waals surface area contributed by atoms with Crippen LogP contribution in [0.4, 0.5) is 5.69 Å². The second-order valence-corrected chi connectivity index (χ2v) is 4.90. The molecule has 1 atom stereocenters. The predicted molar refractivity (Wildman–Crippen MR) is 72.1 cm³/mol. The third kappa shape index (κ3) is 3.38. The number of hydrogen-bond acceptors (Lipinski definition) is 3. The molecule has 0 spiro atoms. The number of halogens is 1. The van der Waals surface area contributed by atoms with Crippen LogP contribution in [-0.4, -0.2) is 23.0 Å². The van der Waals surface area contributed by atoms with Gasteiger partial charge in [0, 0.05) is 6.42 Å². The highest BCUT2D eigenvalue weighted by Gasteiger charge is 2.24. The Kier molecular flexibility index (Phi) is 4.27. The molecule has 1 aromatic rings. The number of carbonyl (C=O) groups excluding carboxylic acids is 2. The number of phenolic OH excluding ortho intramolecular Hbond substituents is 1. The van der Waals surface area contributed by atoms with E-state index in [9.17, 15) is 14.7 Å². The molecule has 0 bridgehead atoms. The number of para-hydroxylation sites is 1. The first-order valence-corrected chi connectivity index (χ1v) is 6.53. The minimum atomic E-state index is -0.578. The molecule has 1 aliphatic rings. The summed E-state index contributed by atoms with van der Waals surface area (Å²) in [6.45, 7) is 0. The first-order chi connectivity index (χ1) is 9.08. The van der Waals surface area contributed by atoms with Gasteiger partial charge in [-0.25, -0.2) is 0 Å². The molecule has 19 heavy (non-hydrogen) atoms. The fraction of sp³-hybridized carbons (Fsp3) is 0.385. The number of benzene rings is 1. The SMILES string of the molecule is O=C1CCCC[C@@H](C(=O)Nc2c(O)cccc2Cl)N1. The normalized spacial score (nSPS) is 19.4. The summed E-state index contributed by atoms with van der Waals surface area (Å²) in [4.78, 5) is 23.5. The van der Waals surface area contributed by atoms with Gasteiger partial charge in [-0.1, -0.05) is 24.1 Å². The Balaban J connectivity index is 2.10. The molecule has 3 N–H and O–H groups in total. The van der Waals surface area contributed by atoms with E-state index >= 15 is 0 Å². The van der Waals surface area contributed by atoms with Crippen molar-refractivity contribution in [3.8, 4) is 5.75 Å². The van der Waals surface area contributed by atoms with Gasteiger partial charge >= 0.3 is 0 Å². The smallest absolute Gasteiger partial charge is 0.247 e. The van der Waals surface area contributed by atoms with Crippen molar-refractivity contribution in [1.29, 1.82) is 0 Å². The molecule has 6 heteroatoms. The van der Waals surface area contributed by atoms with Gasteiger partial charge in [-0.3, -0.25) is 9.59 Å². The standard InChI is InChI=1S/C13H15ClN2O3/c14-8-4-3-6-10(17)12(8)16-13(19)9-5-1-2-7-11(18)15-9/h3-4,6,9,17H,1-2,5,7H2,(H,15,18)(H,16,19)/t9-/m0/s1. The molecular formula is C13H15ClN2O3. The summed E-state index contributed by atoms with van der Waals surface area (Å²) in [6.07, 6.45) is 2.63. The van der Waals surface area contributed by atoms with Gasteiger partial charge in [-0.2, -0.15) is 0 Å². The van der Waals surface area contributed by atoms with E-state index in [0.29, 0.717) is 12.8 Å². The van der Waals surface area contributed by atoms with E-state index in [2.05, 4.69) is 10.6 Å². The molecule has 1 fully saturated rings. The molecule has 5 nitrogen and oxygen atoms in total. The van der Waals surface area contributed by atoms with Crippen LogP contribution >= 0.6 is 11.6 Å². The Morgan fingerprint density at radius 1 is 1.42 bits per heavy atom. The van der Waals surface area contributed by atoms with Crippen LogP contribution in [0.1, 0.15) is 25.7 Å². The van der Waals surface area contributed by atoms with Gasteiger partial charge in [0.25, 0.3) is 0 Å². The van der Waals surface area contributed by atoms with Gasteiger partial charge in [0.1, 0.15) is 17.5 Å². The number of rotatable bonds is 2. The molecule has 2 rings (SSSR count).